The summed E-state index contributed by atoms with van der Waals surface area (Å²) in [5, 5.41) is 11.1. The van der Waals surface area contributed by atoms with E-state index in [0.29, 0.717) is 25.3 Å². The van der Waals surface area contributed by atoms with Gasteiger partial charge in [0.25, 0.3) is 0 Å². The average molecular weight is 570 g/mol. The second-order valence-corrected chi connectivity index (χ2v) is 10.8. The van der Waals surface area contributed by atoms with Crippen LogP contribution >= 0.6 is 15.9 Å². The van der Waals surface area contributed by atoms with Crippen molar-refractivity contribution < 1.29 is 14.6 Å². The van der Waals surface area contributed by atoms with Crippen LogP contribution in [0.2, 0.25) is 0 Å². The Balaban J connectivity index is 1.34. The predicted molar refractivity (Wildman–Crippen MR) is 151 cm³/mol. The number of benzene rings is 3. The van der Waals surface area contributed by atoms with Crippen LogP contribution in [0.3, 0.4) is 0 Å². The second kappa shape index (κ2) is 10.6. The van der Waals surface area contributed by atoms with Crippen molar-refractivity contribution in [2.75, 3.05) is 0 Å². The Labute approximate surface area is 229 Å². The summed E-state index contributed by atoms with van der Waals surface area (Å²) >= 11 is 3.68. The second-order valence-electron chi connectivity index (χ2n) is 9.92. The van der Waals surface area contributed by atoms with Crippen molar-refractivity contribution >= 4 is 43.8 Å². The molecule has 0 radical (unpaired) electrons. The lowest BCUT2D eigenvalue weighted by molar-refractivity contribution is -0.143. The molecule has 0 amide bonds. The van der Waals surface area contributed by atoms with Crippen molar-refractivity contribution in [2.45, 2.75) is 44.8 Å². The lowest BCUT2D eigenvalue weighted by Gasteiger charge is -2.28. The van der Waals surface area contributed by atoms with E-state index in [0.717, 1.165) is 62.8 Å². The molecule has 2 aromatic heterocycles. The molecule has 6 rings (SSSR count). The highest BCUT2D eigenvalue weighted by molar-refractivity contribution is 9.10. The minimum absolute atomic E-state index is 0.123. The number of carbonyl (C=O) groups is 1. The first-order valence-corrected chi connectivity index (χ1v) is 13.8. The van der Waals surface area contributed by atoms with Gasteiger partial charge < -0.3 is 14.4 Å². The summed E-state index contributed by atoms with van der Waals surface area (Å²) in [6, 6.07) is 26.2. The molecule has 1 fully saturated rings. The maximum atomic E-state index is 12.2. The van der Waals surface area contributed by atoms with Crippen LogP contribution in [-0.4, -0.2) is 25.6 Å². The number of hydrogen-bond donors (Lipinski definition) is 1. The number of rotatable bonds is 7. The van der Waals surface area contributed by atoms with Crippen molar-refractivity contribution in [3.05, 3.63) is 100 Å². The quantitative estimate of drug-likeness (QED) is 0.222. The maximum Gasteiger partial charge on any atom is 0.307 e. The first-order chi connectivity index (χ1) is 18.6. The molecule has 7 heteroatoms. The molecule has 1 N–H and O–H groups in total. The highest BCUT2D eigenvalue weighted by Crippen LogP contribution is 2.39. The number of hydrogen-bond acceptors (Lipinski definition) is 4. The van der Waals surface area contributed by atoms with Crippen molar-refractivity contribution in [3.8, 4) is 5.75 Å². The first-order valence-electron chi connectivity index (χ1n) is 13.0. The largest absolute Gasteiger partial charge is 0.487 e. The molecule has 2 heterocycles. The van der Waals surface area contributed by atoms with Crippen molar-refractivity contribution in [3.63, 3.8) is 0 Å². The molecule has 0 unspecified atom stereocenters. The van der Waals surface area contributed by atoms with Gasteiger partial charge in [0.2, 0.25) is 0 Å². The molecular formula is C31H28BrN3O3. The summed E-state index contributed by atoms with van der Waals surface area (Å²) in [6.07, 6.45) is 3.47. The summed E-state index contributed by atoms with van der Waals surface area (Å²) < 4.78 is 9.34. The van der Waals surface area contributed by atoms with Gasteiger partial charge in [-0.3, -0.25) is 4.79 Å². The Morgan fingerprint density at radius 3 is 2.63 bits per heavy atom. The molecule has 38 heavy (non-hydrogen) atoms. The molecule has 192 valence electrons. The number of halogens is 1. The SMILES string of the molecule is O=C(O)[C@@H]1CCCC[C@@H]1c1nc2cc(OCc3ccc4ccccc4n3)ccc2n1Cc1ccccc1Br. The molecule has 6 nitrogen and oxygen atoms in total. The summed E-state index contributed by atoms with van der Waals surface area (Å²) in [5.74, 6) is 0.274. The van der Waals surface area contributed by atoms with Gasteiger partial charge in [-0.15, -0.1) is 0 Å². The number of fused-ring (bicyclic) bond motifs is 2. The summed E-state index contributed by atoms with van der Waals surface area (Å²) in [7, 11) is 0. The van der Waals surface area contributed by atoms with Crippen LogP contribution in [0.25, 0.3) is 21.9 Å². The van der Waals surface area contributed by atoms with Crippen LogP contribution < -0.4 is 4.74 Å². The van der Waals surface area contributed by atoms with Gasteiger partial charge in [0.15, 0.2) is 0 Å². The zero-order valence-corrected chi connectivity index (χ0v) is 22.5. The van der Waals surface area contributed by atoms with E-state index in [1.165, 1.54) is 0 Å². The fraction of sp³-hybridized carbons (Fsp3) is 0.258. The van der Waals surface area contributed by atoms with E-state index in [2.05, 4.69) is 32.6 Å². The fourth-order valence-electron chi connectivity index (χ4n) is 5.55. The van der Waals surface area contributed by atoms with E-state index in [-0.39, 0.29) is 5.92 Å². The minimum atomic E-state index is -0.735. The smallest absolute Gasteiger partial charge is 0.307 e. The molecule has 0 saturated heterocycles. The van der Waals surface area contributed by atoms with Gasteiger partial charge in [-0.1, -0.05) is 71.2 Å². The van der Waals surface area contributed by atoms with Crippen LogP contribution in [0.15, 0.2) is 83.3 Å². The molecular weight excluding hydrogens is 542 g/mol. The van der Waals surface area contributed by atoms with Gasteiger partial charge in [0.1, 0.15) is 18.2 Å². The average Bonchev–Trinajstić information content (AvgIpc) is 3.30. The Morgan fingerprint density at radius 2 is 1.76 bits per heavy atom. The number of aromatic nitrogens is 3. The molecule has 0 spiro atoms. The third-order valence-corrected chi connectivity index (χ3v) is 8.27. The molecule has 1 aliphatic carbocycles. The Bertz CT molecular complexity index is 1630. The third-order valence-electron chi connectivity index (χ3n) is 7.49. The molecule has 1 aliphatic rings. The van der Waals surface area contributed by atoms with Crippen molar-refractivity contribution in [2.24, 2.45) is 5.92 Å². The number of ether oxygens (including phenoxy) is 1. The lowest BCUT2D eigenvalue weighted by Crippen LogP contribution is -2.27. The number of carboxylic acid groups (broad SMARTS) is 1. The van der Waals surface area contributed by atoms with Crippen molar-refractivity contribution in [1.29, 1.82) is 0 Å². The zero-order valence-electron chi connectivity index (χ0n) is 20.9. The fourth-order valence-corrected chi connectivity index (χ4v) is 5.96. The van der Waals surface area contributed by atoms with E-state index in [9.17, 15) is 9.90 Å². The zero-order chi connectivity index (χ0) is 26.1. The Morgan fingerprint density at radius 1 is 0.947 bits per heavy atom. The van der Waals surface area contributed by atoms with Crippen LogP contribution in [0, 0.1) is 5.92 Å². The minimum Gasteiger partial charge on any atom is -0.487 e. The predicted octanol–water partition coefficient (Wildman–Crippen LogP) is 7.33. The standard InChI is InChI=1S/C31H28BrN3O3/c32-26-11-5-1-8-21(26)18-35-29-16-15-23(38-19-22-14-13-20-7-2-6-12-27(20)33-22)17-28(29)34-30(35)24-9-3-4-10-25(24)31(36)37/h1-2,5-8,11-17,24-25H,3-4,9-10,18-19H2,(H,36,37)/t24-,25+/m0/s1. The Kier molecular flexibility index (Phi) is 6.85. The van der Waals surface area contributed by atoms with E-state index < -0.39 is 11.9 Å². The lowest BCUT2D eigenvalue weighted by atomic mass is 9.78. The normalized spacial score (nSPS) is 17.6. The van der Waals surface area contributed by atoms with Gasteiger partial charge in [0.05, 0.1) is 34.7 Å². The molecule has 0 aliphatic heterocycles. The number of pyridine rings is 1. The highest BCUT2D eigenvalue weighted by Gasteiger charge is 2.35. The molecule has 5 aromatic rings. The molecule has 1 saturated carbocycles. The van der Waals surface area contributed by atoms with Gasteiger partial charge in [-0.25, -0.2) is 9.97 Å². The van der Waals surface area contributed by atoms with Crippen molar-refractivity contribution in [1.82, 2.24) is 14.5 Å². The third kappa shape index (κ3) is 4.90. The van der Waals surface area contributed by atoms with E-state index in [1.807, 2.05) is 66.7 Å². The number of para-hydroxylation sites is 1. The number of nitrogens with zero attached hydrogens (tertiary/aromatic N) is 3. The monoisotopic (exact) mass is 569 g/mol. The van der Waals surface area contributed by atoms with Gasteiger partial charge in [-0.05, 0) is 48.7 Å². The number of imidazole rings is 1. The van der Waals surface area contributed by atoms with Gasteiger partial charge in [-0.2, -0.15) is 0 Å². The maximum absolute atomic E-state index is 12.2. The van der Waals surface area contributed by atoms with E-state index in [4.69, 9.17) is 14.7 Å². The van der Waals surface area contributed by atoms with E-state index in [1.54, 1.807) is 0 Å². The summed E-state index contributed by atoms with van der Waals surface area (Å²) in [6.45, 7) is 0.960. The summed E-state index contributed by atoms with van der Waals surface area (Å²) in [4.78, 5) is 21.9. The Hall–Kier alpha value is -3.71. The summed E-state index contributed by atoms with van der Waals surface area (Å²) in [5.41, 5.74) is 4.71. The van der Waals surface area contributed by atoms with Crippen LogP contribution in [0.1, 0.15) is 48.7 Å². The molecule has 0 bridgehead atoms. The highest BCUT2D eigenvalue weighted by atomic mass is 79.9. The van der Waals surface area contributed by atoms with E-state index >= 15 is 0 Å². The van der Waals surface area contributed by atoms with Crippen LogP contribution in [0.4, 0.5) is 0 Å². The van der Waals surface area contributed by atoms with Crippen LogP contribution in [-0.2, 0) is 17.9 Å². The molecule has 2 atom stereocenters. The topological polar surface area (TPSA) is 77.2 Å². The van der Waals surface area contributed by atoms with Gasteiger partial charge in [0, 0.05) is 21.8 Å². The first kappa shape index (κ1) is 24.6. The number of aliphatic carboxylic acids is 1. The molecule has 3 aromatic carbocycles. The van der Waals surface area contributed by atoms with Gasteiger partial charge >= 0.3 is 5.97 Å². The number of carboxylic acids is 1. The van der Waals surface area contributed by atoms with Crippen LogP contribution in [0.5, 0.6) is 5.75 Å².